The Morgan fingerprint density at radius 2 is 1.00 bits per heavy atom. The number of hydrogen-bond acceptors (Lipinski definition) is 8. The van der Waals surface area contributed by atoms with Gasteiger partial charge in [-0.25, -0.2) is 8.42 Å². The Morgan fingerprint density at radius 1 is 0.750 bits per heavy atom. The van der Waals surface area contributed by atoms with Crippen LogP contribution < -0.4 is 59.1 Å². The van der Waals surface area contributed by atoms with Crippen molar-refractivity contribution in [3.63, 3.8) is 0 Å². The summed E-state index contributed by atoms with van der Waals surface area (Å²) in [6.07, 6.45) is 2.48. The molecule has 0 heterocycles. The topological polar surface area (TPSA) is 162 Å². The van der Waals surface area contributed by atoms with Gasteiger partial charge in [-0.1, -0.05) is 12.8 Å². The summed E-state index contributed by atoms with van der Waals surface area (Å²) in [5.74, 6) is 0. The minimum Gasteiger partial charge on any atom is -0.748 e. The summed E-state index contributed by atoms with van der Waals surface area (Å²) in [5, 5.41) is 0. The minimum atomic E-state index is -3.78. The van der Waals surface area contributed by atoms with E-state index in [0.29, 0.717) is 25.7 Å². The Bertz CT molecular complexity index is 346. The first kappa shape index (κ1) is 34.0. The zero-order valence-electron chi connectivity index (χ0n) is 11.3. The smallest absolute Gasteiger partial charge is 0.748 e. The minimum absolute atomic E-state index is 0. The summed E-state index contributed by atoms with van der Waals surface area (Å²) < 4.78 is 50.2. The molecule has 0 saturated carbocycles. The molecule has 2 unspecified atom stereocenters. The standard InChI is InChI=1S/C6H14O6S4.2Na.2H2O/c7-15(8,13)11-5-3-1-2-4-6-12-16(9,10)14;;;;/h1-6H2,(H,7,8,13)(H,9,10,14);;;2*1H2/q;2*+1;;/p-2. The van der Waals surface area contributed by atoms with E-state index in [2.05, 4.69) is 30.7 Å². The van der Waals surface area contributed by atoms with E-state index < -0.39 is 18.1 Å². The predicted molar refractivity (Wildman–Crippen MR) is 70.2 cm³/mol. The molecule has 0 aliphatic heterocycles. The van der Waals surface area contributed by atoms with Crippen molar-refractivity contribution >= 4 is 40.5 Å². The first-order valence-electron chi connectivity index (χ1n) is 4.41. The third kappa shape index (κ3) is 32.4. The first-order valence-corrected chi connectivity index (χ1v) is 9.08. The molecule has 8 nitrogen and oxygen atoms in total. The van der Waals surface area contributed by atoms with E-state index in [1.165, 1.54) is 0 Å². The van der Waals surface area contributed by atoms with E-state index in [1.54, 1.807) is 0 Å². The maximum atomic E-state index is 10.4. The molecular weight excluding hydrogens is 374 g/mol. The normalized spacial score (nSPS) is 15.1. The number of unbranched alkanes of at least 4 members (excludes halogenated alkanes) is 3. The van der Waals surface area contributed by atoms with Crippen molar-refractivity contribution in [2.75, 3.05) is 13.2 Å². The van der Waals surface area contributed by atoms with Crippen molar-refractivity contribution in [1.29, 1.82) is 0 Å². The fraction of sp³-hybridized carbons (Fsp3) is 1.00. The molecule has 0 fully saturated rings. The van der Waals surface area contributed by atoms with Crippen LogP contribution in [-0.4, -0.2) is 41.7 Å². The fourth-order valence-electron chi connectivity index (χ4n) is 0.880. The van der Waals surface area contributed by atoms with E-state index in [4.69, 9.17) is 0 Å². The Balaban J connectivity index is -0.000000187. The molecule has 0 radical (unpaired) electrons. The maximum absolute atomic E-state index is 10.4. The summed E-state index contributed by atoms with van der Waals surface area (Å²) in [5.41, 5.74) is 0. The summed E-state index contributed by atoms with van der Waals surface area (Å²) in [6.45, 7) is 0.0953. The van der Waals surface area contributed by atoms with E-state index in [-0.39, 0.29) is 83.3 Å². The van der Waals surface area contributed by atoms with Crippen LogP contribution in [0.1, 0.15) is 25.7 Å². The molecular formula is C6H16Na2O8S4. The quantitative estimate of drug-likeness (QED) is 0.277. The van der Waals surface area contributed by atoms with Crippen LogP contribution in [0.2, 0.25) is 0 Å². The fourth-order valence-corrected chi connectivity index (χ4v) is 1.93. The monoisotopic (exact) mass is 390 g/mol. The van der Waals surface area contributed by atoms with E-state index >= 15 is 0 Å². The van der Waals surface area contributed by atoms with Crippen LogP contribution in [0, 0.1) is 0 Å². The van der Waals surface area contributed by atoms with Gasteiger partial charge in [-0.2, -0.15) is 0 Å². The Morgan fingerprint density at radius 3 is 1.20 bits per heavy atom. The van der Waals surface area contributed by atoms with Gasteiger partial charge in [-0.3, -0.25) is 8.37 Å². The largest absolute Gasteiger partial charge is 1.00 e. The molecule has 0 rings (SSSR count). The van der Waals surface area contributed by atoms with Gasteiger partial charge in [0.15, 0.2) is 0 Å². The third-order valence-corrected chi connectivity index (χ3v) is 2.98. The molecule has 4 N–H and O–H groups in total. The van der Waals surface area contributed by atoms with Crippen LogP contribution in [-0.2, 0) is 48.8 Å². The van der Waals surface area contributed by atoms with Crippen LogP contribution in [0.15, 0.2) is 0 Å². The second-order valence-electron chi connectivity index (χ2n) is 2.87. The SMILES string of the molecule is O.O.O=S([O-])(=S)OCCCCCCOS(=O)([O-])=S.[Na+].[Na+]. The Kier molecular flexibility index (Phi) is 30.3. The molecule has 0 saturated heterocycles. The summed E-state index contributed by atoms with van der Waals surface area (Å²) in [7, 11) is -7.55. The zero-order valence-corrected chi connectivity index (χ0v) is 18.6. The molecule has 14 heteroatoms. The summed E-state index contributed by atoms with van der Waals surface area (Å²) >= 11 is 7.99. The molecule has 0 amide bonds. The molecule has 20 heavy (non-hydrogen) atoms. The van der Waals surface area contributed by atoms with Crippen molar-refractivity contribution in [3.05, 3.63) is 0 Å². The Labute approximate surface area is 173 Å². The van der Waals surface area contributed by atoms with E-state index in [1.807, 2.05) is 0 Å². The van der Waals surface area contributed by atoms with Gasteiger partial charge in [0.25, 0.3) is 0 Å². The molecule has 0 aromatic rings. The van der Waals surface area contributed by atoms with Crippen molar-refractivity contribution in [3.8, 4) is 0 Å². The van der Waals surface area contributed by atoms with Crippen molar-refractivity contribution in [2.24, 2.45) is 0 Å². The van der Waals surface area contributed by atoms with Crippen LogP contribution in [0.4, 0.5) is 0 Å². The predicted octanol–water partition coefficient (Wildman–Crippen LogP) is -7.48. The Hall–Kier alpha value is 2.50. The summed E-state index contributed by atoms with van der Waals surface area (Å²) in [6, 6.07) is 0. The molecule has 0 aromatic carbocycles. The van der Waals surface area contributed by atoms with E-state index in [9.17, 15) is 17.5 Å². The molecule has 0 aliphatic carbocycles. The van der Waals surface area contributed by atoms with Crippen LogP contribution in [0.5, 0.6) is 0 Å². The van der Waals surface area contributed by atoms with Crippen LogP contribution in [0.25, 0.3) is 0 Å². The molecule has 0 aliphatic rings. The van der Waals surface area contributed by atoms with Crippen LogP contribution >= 0.6 is 0 Å². The van der Waals surface area contributed by atoms with Gasteiger partial charge >= 0.3 is 59.1 Å². The van der Waals surface area contributed by atoms with Crippen molar-refractivity contribution in [1.82, 2.24) is 0 Å². The molecule has 114 valence electrons. The summed E-state index contributed by atoms with van der Waals surface area (Å²) in [4.78, 5) is 0. The average molecular weight is 390 g/mol. The zero-order chi connectivity index (χ0) is 12.7. The van der Waals surface area contributed by atoms with Gasteiger partial charge in [-0.05, 0) is 35.2 Å². The van der Waals surface area contributed by atoms with Gasteiger partial charge in [0.1, 0.15) is 0 Å². The second-order valence-corrected chi connectivity index (χ2v) is 7.43. The van der Waals surface area contributed by atoms with E-state index in [0.717, 1.165) is 0 Å². The van der Waals surface area contributed by atoms with Crippen molar-refractivity contribution < 1.29 is 96.0 Å². The van der Waals surface area contributed by atoms with Gasteiger partial charge in [0.2, 0.25) is 0 Å². The molecule has 0 spiro atoms. The number of hydrogen-bond donors (Lipinski definition) is 0. The average Bonchev–Trinajstić information content (AvgIpc) is 2.06. The van der Waals surface area contributed by atoms with Crippen molar-refractivity contribution in [2.45, 2.75) is 25.7 Å². The first-order chi connectivity index (χ1) is 7.21. The number of rotatable bonds is 9. The molecule has 0 aromatic heterocycles. The third-order valence-electron chi connectivity index (χ3n) is 1.49. The molecule has 2 atom stereocenters. The maximum Gasteiger partial charge on any atom is 1.00 e. The molecule has 0 bridgehead atoms. The van der Waals surface area contributed by atoms with Gasteiger partial charge < -0.3 is 20.1 Å². The van der Waals surface area contributed by atoms with Gasteiger partial charge in [0.05, 0.1) is 31.3 Å². The van der Waals surface area contributed by atoms with Gasteiger partial charge in [0, 0.05) is 0 Å². The van der Waals surface area contributed by atoms with Gasteiger partial charge in [-0.15, -0.1) is 0 Å². The second kappa shape index (κ2) is 17.8. The van der Waals surface area contributed by atoms with Crippen LogP contribution in [0.3, 0.4) is 0 Å².